The summed E-state index contributed by atoms with van der Waals surface area (Å²) in [5, 5.41) is 25.5. The molecule has 1 saturated heterocycles. The lowest BCUT2D eigenvalue weighted by molar-refractivity contribution is -0.192. The number of aliphatic carboxylic acids is 1. The lowest BCUT2D eigenvalue weighted by Gasteiger charge is -2.28. The van der Waals surface area contributed by atoms with E-state index in [0.717, 1.165) is 30.8 Å². The van der Waals surface area contributed by atoms with Crippen LogP contribution in [-0.4, -0.2) is 57.9 Å². The lowest BCUT2D eigenvalue weighted by atomic mass is 9.98. The minimum absolute atomic E-state index is 0.0205. The number of carbonyl (C=O) groups is 3. The van der Waals surface area contributed by atoms with Crippen molar-refractivity contribution in [3.05, 3.63) is 17.2 Å². The molecule has 9 nitrogen and oxygen atoms in total. The van der Waals surface area contributed by atoms with Crippen molar-refractivity contribution in [3.63, 3.8) is 0 Å². The van der Waals surface area contributed by atoms with E-state index in [9.17, 15) is 22.8 Å². The molecule has 1 aromatic heterocycles. The fraction of sp³-hybridized carbons (Fsp3) is 0.632. The predicted octanol–water partition coefficient (Wildman–Crippen LogP) is 2.22. The Bertz CT molecular complexity index is 858. The highest BCUT2D eigenvalue weighted by atomic mass is 32.1. The molecule has 2 amide bonds. The standard InChI is InChI=1S/C17H25N5O2S.C2HF3O2/c1-17(2,3)15-21-22-16(25-15)20-13(23)7-6-11(10-4-5-10)19-14(24)12-8-9-18-12;3-2(4,5)1(6)7/h6-7,10-12,18H,4-5,8-9H2,1-3H3,(H,19,24)(H,20,22,23);(H,6,7)/b7-6+;/t11-,12+;/m1./s1. The number of aromatic nitrogens is 2. The average molecular weight is 478 g/mol. The van der Waals surface area contributed by atoms with Gasteiger partial charge in [-0.05, 0) is 31.7 Å². The monoisotopic (exact) mass is 477 g/mol. The molecule has 13 heteroatoms. The molecule has 32 heavy (non-hydrogen) atoms. The van der Waals surface area contributed by atoms with Crippen LogP contribution in [0.2, 0.25) is 0 Å². The van der Waals surface area contributed by atoms with Gasteiger partial charge in [0.05, 0.1) is 12.1 Å². The zero-order chi connectivity index (χ0) is 24.1. The number of nitrogens with one attached hydrogen (secondary N) is 3. The summed E-state index contributed by atoms with van der Waals surface area (Å²) in [6.45, 7) is 7.06. The number of amides is 2. The number of carboxylic acids is 1. The molecule has 1 aliphatic carbocycles. The average Bonchev–Trinajstić information content (AvgIpc) is 3.34. The summed E-state index contributed by atoms with van der Waals surface area (Å²) in [6.07, 6.45) is 1.23. The van der Waals surface area contributed by atoms with E-state index < -0.39 is 12.1 Å². The van der Waals surface area contributed by atoms with Crippen LogP contribution in [0.5, 0.6) is 0 Å². The minimum atomic E-state index is -5.08. The Kier molecular flexibility index (Phi) is 8.35. The molecule has 1 aliphatic heterocycles. The maximum atomic E-state index is 12.1. The van der Waals surface area contributed by atoms with Crippen molar-refractivity contribution in [2.24, 2.45) is 5.92 Å². The smallest absolute Gasteiger partial charge is 0.475 e. The van der Waals surface area contributed by atoms with Gasteiger partial charge in [0.15, 0.2) is 0 Å². The first kappa shape index (κ1) is 25.7. The normalized spacial score (nSPS) is 19.4. The largest absolute Gasteiger partial charge is 0.490 e. The van der Waals surface area contributed by atoms with E-state index in [1.165, 1.54) is 17.4 Å². The number of hydrogen-bond acceptors (Lipinski definition) is 7. The second-order valence-corrected chi connectivity index (χ2v) is 9.46. The zero-order valence-electron chi connectivity index (χ0n) is 17.8. The van der Waals surface area contributed by atoms with Crippen LogP contribution in [0.3, 0.4) is 0 Å². The van der Waals surface area contributed by atoms with Crippen molar-refractivity contribution >= 4 is 34.3 Å². The number of rotatable bonds is 6. The summed E-state index contributed by atoms with van der Waals surface area (Å²) in [6, 6.07) is -0.166. The van der Waals surface area contributed by atoms with Crippen LogP contribution in [0.1, 0.15) is 45.0 Å². The first-order chi connectivity index (χ1) is 14.8. The summed E-state index contributed by atoms with van der Waals surface area (Å²) in [5.41, 5.74) is -0.0899. The van der Waals surface area contributed by atoms with Crippen LogP contribution in [0.4, 0.5) is 18.3 Å². The van der Waals surface area contributed by atoms with Gasteiger partial charge in [-0.1, -0.05) is 38.2 Å². The maximum absolute atomic E-state index is 12.1. The molecular weight excluding hydrogens is 451 g/mol. The second-order valence-electron chi connectivity index (χ2n) is 8.48. The second kappa shape index (κ2) is 10.4. The van der Waals surface area contributed by atoms with E-state index in [4.69, 9.17) is 9.90 Å². The van der Waals surface area contributed by atoms with Crippen LogP contribution in [-0.2, 0) is 19.8 Å². The number of alkyl halides is 3. The molecule has 0 radical (unpaired) electrons. The molecule has 1 aromatic rings. The highest BCUT2D eigenvalue weighted by Gasteiger charge is 2.38. The summed E-state index contributed by atoms with van der Waals surface area (Å²) < 4.78 is 31.7. The number of hydrogen-bond donors (Lipinski definition) is 4. The van der Waals surface area contributed by atoms with Crippen LogP contribution < -0.4 is 16.0 Å². The van der Waals surface area contributed by atoms with Gasteiger partial charge in [0.1, 0.15) is 5.01 Å². The molecule has 178 valence electrons. The van der Waals surface area contributed by atoms with Crippen molar-refractivity contribution in [1.29, 1.82) is 0 Å². The van der Waals surface area contributed by atoms with E-state index in [1.807, 2.05) is 0 Å². The Balaban J connectivity index is 0.000000451. The van der Waals surface area contributed by atoms with E-state index in [1.54, 1.807) is 6.08 Å². The summed E-state index contributed by atoms with van der Waals surface area (Å²) in [5.74, 6) is -2.56. The molecule has 0 aromatic carbocycles. The Morgan fingerprint density at radius 3 is 2.19 bits per heavy atom. The van der Waals surface area contributed by atoms with Crippen LogP contribution >= 0.6 is 11.3 Å². The first-order valence-electron chi connectivity index (χ1n) is 9.94. The lowest BCUT2D eigenvalue weighted by Crippen LogP contribution is -2.55. The van der Waals surface area contributed by atoms with Gasteiger partial charge in [-0.25, -0.2) is 4.79 Å². The van der Waals surface area contributed by atoms with E-state index in [-0.39, 0.29) is 29.3 Å². The molecule has 0 unspecified atom stereocenters. The van der Waals surface area contributed by atoms with E-state index in [0.29, 0.717) is 11.0 Å². The minimum Gasteiger partial charge on any atom is -0.475 e. The zero-order valence-corrected chi connectivity index (χ0v) is 18.6. The number of carboxylic acid groups (broad SMARTS) is 1. The third-order valence-electron chi connectivity index (χ3n) is 4.57. The fourth-order valence-corrected chi connectivity index (χ4v) is 3.27. The van der Waals surface area contributed by atoms with Crippen molar-refractivity contribution in [2.45, 2.75) is 63.7 Å². The summed E-state index contributed by atoms with van der Waals surface area (Å²) >= 11 is 1.38. The van der Waals surface area contributed by atoms with E-state index >= 15 is 0 Å². The topological polar surface area (TPSA) is 133 Å². The van der Waals surface area contributed by atoms with Crippen molar-refractivity contribution in [2.75, 3.05) is 11.9 Å². The number of anilines is 1. The molecule has 0 spiro atoms. The van der Waals surface area contributed by atoms with Crippen LogP contribution in [0.25, 0.3) is 0 Å². The third kappa shape index (κ3) is 8.19. The van der Waals surface area contributed by atoms with Gasteiger partial charge in [0.2, 0.25) is 16.9 Å². The molecule has 4 N–H and O–H groups in total. The van der Waals surface area contributed by atoms with Gasteiger partial charge in [-0.2, -0.15) is 13.2 Å². The molecule has 2 heterocycles. The van der Waals surface area contributed by atoms with E-state index in [2.05, 4.69) is 46.9 Å². The van der Waals surface area contributed by atoms with Gasteiger partial charge in [0, 0.05) is 11.5 Å². The Labute approximate surface area is 186 Å². The summed E-state index contributed by atoms with van der Waals surface area (Å²) in [4.78, 5) is 33.1. The number of carbonyl (C=O) groups excluding carboxylic acids is 2. The van der Waals surface area contributed by atoms with Crippen LogP contribution in [0.15, 0.2) is 12.2 Å². The molecule has 2 atom stereocenters. The number of halogens is 3. The molecule has 3 rings (SSSR count). The van der Waals surface area contributed by atoms with Gasteiger partial charge >= 0.3 is 12.1 Å². The highest BCUT2D eigenvalue weighted by Crippen LogP contribution is 2.33. The third-order valence-corrected chi connectivity index (χ3v) is 5.84. The van der Waals surface area contributed by atoms with Gasteiger partial charge in [-0.3, -0.25) is 14.9 Å². The molecule has 2 aliphatic rings. The fourth-order valence-electron chi connectivity index (χ4n) is 2.47. The Morgan fingerprint density at radius 1 is 1.19 bits per heavy atom. The summed E-state index contributed by atoms with van der Waals surface area (Å²) in [7, 11) is 0. The van der Waals surface area contributed by atoms with Crippen molar-refractivity contribution in [3.8, 4) is 0 Å². The molecule has 2 fully saturated rings. The van der Waals surface area contributed by atoms with Crippen molar-refractivity contribution in [1.82, 2.24) is 20.8 Å². The van der Waals surface area contributed by atoms with Gasteiger partial charge in [0.25, 0.3) is 0 Å². The molecular formula is C19H26F3N5O4S. The SMILES string of the molecule is CC(C)(C)c1nnc(NC(=O)/C=C/[C@@H](NC(=O)[C@@H]2CCN2)C2CC2)s1.O=C(O)C(F)(F)F. The maximum Gasteiger partial charge on any atom is 0.490 e. The Hall–Kier alpha value is -2.54. The van der Waals surface area contributed by atoms with Crippen molar-refractivity contribution < 1.29 is 32.7 Å². The molecule has 1 saturated carbocycles. The number of nitrogens with zero attached hydrogens (tertiary/aromatic N) is 2. The first-order valence-corrected chi connectivity index (χ1v) is 10.8. The van der Waals surface area contributed by atoms with Gasteiger partial charge in [-0.15, -0.1) is 10.2 Å². The Morgan fingerprint density at radius 2 is 1.78 bits per heavy atom. The van der Waals surface area contributed by atoms with Gasteiger partial charge < -0.3 is 15.7 Å². The van der Waals surface area contributed by atoms with Crippen LogP contribution in [0, 0.1) is 5.92 Å². The quantitative estimate of drug-likeness (QED) is 0.462. The molecule has 0 bridgehead atoms. The predicted molar refractivity (Wildman–Crippen MR) is 111 cm³/mol. The highest BCUT2D eigenvalue weighted by molar-refractivity contribution is 7.15.